The molecule has 0 saturated heterocycles. The van der Waals surface area contributed by atoms with Crippen molar-refractivity contribution < 1.29 is 23.1 Å². The number of hydrogen-bond acceptors (Lipinski definition) is 4. The van der Waals surface area contributed by atoms with Gasteiger partial charge in [0.25, 0.3) is 0 Å². The molecule has 0 saturated carbocycles. The fourth-order valence-corrected chi connectivity index (χ4v) is 2.91. The van der Waals surface area contributed by atoms with E-state index in [9.17, 15) is 13.2 Å². The fraction of sp³-hybridized carbons (Fsp3) is 0.167. The van der Waals surface area contributed by atoms with Crippen LogP contribution < -0.4 is 9.46 Å². The van der Waals surface area contributed by atoms with Gasteiger partial charge in [0.1, 0.15) is 5.75 Å². The number of carbonyl (C=O) groups is 1. The Morgan fingerprint density at radius 3 is 2.40 bits per heavy atom. The van der Waals surface area contributed by atoms with Crippen molar-refractivity contribution in [3.05, 3.63) is 71.9 Å². The predicted molar refractivity (Wildman–Crippen MR) is 95.7 cm³/mol. The van der Waals surface area contributed by atoms with Crippen molar-refractivity contribution in [3.63, 3.8) is 0 Å². The third kappa shape index (κ3) is 7.09. The van der Waals surface area contributed by atoms with Gasteiger partial charge in [-0.25, -0.2) is 13.2 Å². The smallest absolute Gasteiger partial charge is 0.341 e. The molecule has 0 unspecified atom stereocenters. The summed E-state index contributed by atoms with van der Waals surface area (Å²) in [6.45, 7) is -0.406. The summed E-state index contributed by atoms with van der Waals surface area (Å²) < 4.78 is 31.4. The second kappa shape index (κ2) is 8.89. The number of sulfonamides is 1. The molecule has 0 spiro atoms. The number of carboxylic acid groups (broad SMARTS) is 1. The van der Waals surface area contributed by atoms with E-state index >= 15 is 0 Å². The molecule has 0 aromatic heterocycles. The van der Waals surface area contributed by atoms with Crippen molar-refractivity contribution in [2.24, 2.45) is 0 Å². The maximum atomic E-state index is 12.0. The molecule has 0 fully saturated rings. The fourth-order valence-electron chi connectivity index (χ4n) is 2.01. The molecule has 25 heavy (non-hydrogen) atoms. The number of aryl methyl sites for hydroxylation is 1. The highest BCUT2D eigenvalue weighted by molar-refractivity contribution is 7.89. The molecule has 2 rings (SSSR count). The lowest BCUT2D eigenvalue weighted by Gasteiger charge is -2.05. The second-order valence-electron chi connectivity index (χ2n) is 5.26. The molecule has 0 aliphatic heterocycles. The monoisotopic (exact) mass is 361 g/mol. The van der Waals surface area contributed by atoms with Crippen molar-refractivity contribution in [1.82, 2.24) is 4.72 Å². The minimum absolute atomic E-state index is 0.00329. The second-order valence-corrected chi connectivity index (χ2v) is 7.13. The summed E-state index contributed by atoms with van der Waals surface area (Å²) in [6.07, 6.45) is 3.42. The van der Waals surface area contributed by atoms with Crippen LogP contribution in [0.5, 0.6) is 5.75 Å². The topological polar surface area (TPSA) is 92.7 Å². The van der Waals surface area contributed by atoms with Gasteiger partial charge in [-0.1, -0.05) is 42.5 Å². The van der Waals surface area contributed by atoms with Gasteiger partial charge in [-0.3, -0.25) is 4.72 Å². The molecular weight excluding hydrogens is 342 g/mol. The highest BCUT2D eigenvalue weighted by atomic mass is 32.2. The van der Waals surface area contributed by atoms with Crippen LogP contribution >= 0.6 is 0 Å². The van der Waals surface area contributed by atoms with Gasteiger partial charge in [-0.2, -0.15) is 0 Å². The first-order chi connectivity index (χ1) is 11.9. The first kappa shape index (κ1) is 18.5. The zero-order valence-electron chi connectivity index (χ0n) is 13.5. The van der Waals surface area contributed by atoms with E-state index in [0.717, 1.165) is 11.1 Å². The van der Waals surface area contributed by atoms with Gasteiger partial charge in [0, 0.05) is 6.20 Å². The molecular formula is C18H19NO5S. The van der Waals surface area contributed by atoms with E-state index in [2.05, 4.69) is 4.72 Å². The summed E-state index contributed by atoms with van der Waals surface area (Å²) in [5.41, 5.74) is 1.72. The van der Waals surface area contributed by atoms with Gasteiger partial charge in [0.05, 0.1) is 5.75 Å². The molecule has 132 valence electrons. The van der Waals surface area contributed by atoms with Gasteiger partial charge in [0.2, 0.25) is 10.0 Å². The van der Waals surface area contributed by atoms with E-state index in [1.54, 1.807) is 30.3 Å². The van der Waals surface area contributed by atoms with Crippen molar-refractivity contribution in [1.29, 1.82) is 0 Å². The maximum absolute atomic E-state index is 12.0. The lowest BCUT2D eigenvalue weighted by molar-refractivity contribution is -0.139. The summed E-state index contributed by atoms with van der Waals surface area (Å²) in [6, 6.07) is 16.0. The SMILES string of the molecule is O=C(O)COc1ccc(C=CNS(=O)(=O)CCc2ccccc2)cc1. The maximum Gasteiger partial charge on any atom is 0.341 e. The molecule has 0 amide bonds. The number of carboxylic acids is 1. The van der Waals surface area contributed by atoms with Crippen molar-refractivity contribution in [2.75, 3.05) is 12.4 Å². The molecule has 0 bridgehead atoms. The summed E-state index contributed by atoms with van der Waals surface area (Å²) in [4.78, 5) is 10.4. The van der Waals surface area contributed by atoms with Gasteiger partial charge < -0.3 is 9.84 Å². The average molecular weight is 361 g/mol. The van der Waals surface area contributed by atoms with Crippen LogP contribution in [-0.2, 0) is 21.2 Å². The Morgan fingerprint density at radius 2 is 1.76 bits per heavy atom. The number of ether oxygens (including phenoxy) is 1. The normalized spacial score (nSPS) is 11.4. The molecule has 2 aromatic rings. The van der Waals surface area contributed by atoms with E-state index in [1.807, 2.05) is 30.3 Å². The number of rotatable bonds is 9. The average Bonchev–Trinajstić information content (AvgIpc) is 2.60. The van der Waals surface area contributed by atoms with Crippen molar-refractivity contribution >= 4 is 22.1 Å². The number of hydrogen-bond donors (Lipinski definition) is 2. The van der Waals surface area contributed by atoms with Gasteiger partial charge in [0.15, 0.2) is 6.61 Å². The Balaban J connectivity index is 1.83. The number of nitrogens with one attached hydrogen (secondary N) is 1. The van der Waals surface area contributed by atoms with Crippen molar-refractivity contribution in [3.8, 4) is 5.75 Å². The van der Waals surface area contributed by atoms with Crippen LogP contribution in [0.25, 0.3) is 6.08 Å². The highest BCUT2D eigenvalue weighted by Crippen LogP contribution is 2.13. The largest absolute Gasteiger partial charge is 0.482 e. The van der Waals surface area contributed by atoms with Crippen LogP contribution in [0.4, 0.5) is 0 Å². The third-order valence-electron chi connectivity index (χ3n) is 3.27. The van der Waals surface area contributed by atoms with E-state index in [1.165, 1.54) is 6.20 Å². The van der Waals surface area contributed by atoms with Crippen LogP contribution in [0, 0.1) is 0 Å². The van der Waals surface area contributed by atoms with Crippen LogP contribution in [-0.4, -0.2) is 31.9 Å². The molecule has 0 atom stereocenters. The molecule has 0 aliphatic rings. The Morgan fingerprint density at radius 1 is 1.08 bits per heavy atom. The van der Waals surface area contributed by atoms with E-state index < -0.39 is 22.6 Å². The highest BCUT2D eigenvalue weighted by Gasteiger charge is 2.07. The summed E-state index contributed by atoms with van der Waals surface area (Å²) in [5, 5.41) is 8.54. The number of aliphatic carboxylic acids is 1. The van der Waals surface area contributed by atoms with Crippen LogP contribution in [0.2, 0.25) is 0 Å². The van der Waals surface area contributed by atoms with Gasteiger partial charge in [-0.05, 0) is 35.8 Å². The quantitative estimate of drug-likeness (QED) is 0.715. The summed E-state index contributed by atoms with van der Waals surface area (Å²) in [7, 11) is -3.40. The molecule has 0 heterocycles. The molecule has 0 radical (unpaired) electrons. The van der Waals surface area contributed by atoms with Crippen molar-refractivity contribution in [2.45, 2.75) is 6.42 Å². The standard InChI is InChI=1S/C18H19NO5S/c20-18(21)14-24-17-8-6-16(7-9-17)10-12-19-25(22,23)13-11-15-4-2-1-3-5-15/h1-10,12,19H,11,13-14H2,(H,20,21). The number of benzene rings is 2. The minimum Gasteiger partial charge on any atom is -0.482 e. The molecule has 2 aromatic carbocycles. The first-order valence-corrected chi connectivity index (χ1v) is 9.25. The minimum atomic E-state index is -3.40. The molecule has 0 aliphatic carbocycles. The molecule has 6 nitrogen and oxygen atoms in total. The lowest BCUT2D eigenvalue weighted by Crippen LogP contribution is -2.22. The lowest BCUT2D eigenvalue weighted by atomic mass is 10.2. The van der Waals surface area contributed by atoms with Gasteiger partial charge >= 0.3 is 5.97 Å². The molecule has 2 N–H and O–H groups in total. The van der Waals surface area contributed by atoms with E-state index in [0.29, 0.717) is 12.2 Å². The van der Waals surface area contributed by atoms with Crippen LogP contribution in [0.3, 0.4) is 0 Å². The Labute approximate surface area is 146 Å². The third-order valence-corrected chi connectivity index (χ3v) is 4.50. The zero-order valence-corrected chi connectivity index (χ0v) is 14.3. The van der Waals surface area contributed by atoms with Crippen LogP contribution in [0.1, 0.15) is 11.1 Å². The Bertz CT molecular complexity index is 814. The van der Waals surface area contributed by atoms with E-state index in [-0.39, 0.29) is 5.75 Å². The van der Waals surface area contributed by atoms with Gasteiger partial charge in [-0.15, -0.1) is 0 Å². The summed E-state index contributed by atoms with van der Waals surface area (Å²) >= 11 is 0. The first-order valence-electron chi connectivity index (χ1n) is 7.60. The Hall–Kier alpha value is -2.80. The molecule has 7 heteroatoms. The van der Waals surface area contributed by atoms with E-state index in [4.69, 9.17) is 9.84 Å². The van der Waals surface area contributed by atoms with Crippen LogP contribution in [0.15, 0.2) is 60.8 Å². The predicted octanol–water partition coefficient (Wildman–Crippen LogP) is 2.28. The zero-order chi connectivity index (χ0) is 18.1. The Kier molecular flexibility index (Phi) is 6.59. The summed E-state index contributed by atoms with van der Waals surface area (Å²) in [5.74, 6) is -0.611.